The van der Waals surface area contributed by atoms with Gasteiger partial charge in [-0.2, -0.15) is 0 Å². The topological polar surface area (TPSA) is 72.3 Å². The molecule has 0 unspecified atom stereocenters. The maximum Gasteiger partial charge on any atom is 0.260 e. The summed E-state index contributed by atoms with van der Waals surface area (Å²) < 4.78 is 0. The summed E-state index contributed by atoms with van der Waals surface area (Å²) in [5.41, 5.74) is 11.5. The Morgan fingerprint density at radius 1 is 1.62 bits per heavy atom. The van der Waals surface area contributed by atoms with E-state index in [-0.39, 0.29) is 0 Å². The minimum atomic E-state index is -0.434. The number of carbonyl (C=O) groups is 1. The number of nitrogen functional groups attached to an aromatic ring is 1. The van der Waals surface area contributed by atoms with Gasteiger partial charge in [-0.25, -0.2) is 0 Å². The van der Waals surface area contributed by atoms with Crippen LogP contribution in [-0.4, -0.2) is 19.0 Å². The molecule has 0 saturated heterocycles. The lowest BCUT2D eigenvalue weighted by Crippen LogP contribution is -2.24. The average molecular weight is 239 g/mol. The molecule has 1 aromatic heterocycles. The normalized spacial score (nSPS) is 15.1. The maximum absolute atomic E-state index is 11.1. The number of hydrogen-bond acceptors (Lipinski definition) is 4. The zero-order valence-electron chi connectivity index (χ0n) is 9.40. The highest BCUT2D eigenvalue weighted by molar-refractivity contribution is 7.18. The van der Waals surface area contributed by atoms with Crippen molar-refractivity contribution in [2.24, 2.45) is 11.7 Å². The third-order valence-corrected chi connectivity index (χ3v) is 4.07. The van der Waals surface area contributed by atoms with Crippen LogP contribution in [0.5, 0.6) is 0 Å². The van der Waals surface area contributed by atoms with Crippen LogP contribution in [-0.2, 0) is 0 Å². The molecule has 0 spiro atoms. The van der Waals surface area contributed by atoms with Crippen molar-refractivity contribution >= 4 is 27.9 Å². The zero-order chi connectivity index (χ0) is 11.7. The van der Waals surface area contributed by atoms with E-state index in [1.54, 1.807) is 0 Å². The number of primary amides is 1. The number of carbonyl (C=O) groups excluding carboxylic acids is 1. The van der Waals surface area contributed by atoms with E-state index in [2.05, 4.69) is 11.8 Å². The van der Waals surface area contributed by atoms with Crippen LogP contribution in [0.15, 0.2) is 6.07 Å². The molecule has 0 aliphatic heterocycles. The van der Waals surface area contributed by atoms with E-state index in [1.807, 2.05) is 6.07 Å². The van der Waals surface area contributed by atoms with Gasteiger partial charge in [0, 0.05) is 13.1 Å². The van der Waals surface area contributed by atoms with Crippen molar-refractivity contribution in [3.8, 4) is 0 Å². The molecule has 0 bridgehead atoms. The Balaban J connectivity index is 2.16. The molecule has 1 fully saturated rings. The first-order valence-electron chi connectivity index (χ1n) is 5.55. The highest BCUT2D eigenvalue weighted by Gasteiger charge is 2.25. The molecule has 0 radical (unpaired) electrons. The molecule has 0 aromatic carbocycles. The number of rotatable bonds is 5. The van der Waals surface area contributed by atoms with Gasteiger partial charge in [0.2, 0.25) is 0 Å². The van der Waals surface area contributed by atoms with Crippen molar-refractivity contribution in [3.63, 3.8) is 0 Å². The van der Waals surface area contributed by atoms with Gasteiger partial charge in [-0.1, -0.05) is 0 Å². The molecule has 0 atom stereocenters. The molecular weight excluding hydrogens is 222 g/mol. The molecule has 1 heterocycles. The molecule has 5 heteroatoms. The highest BCUT2D eigenvalue weighted by atomic mass is 32.1. The predicted octanol–water partition coefficient (Wildman–Crippen LogP) is 1.67. The first-order valence-corrected chi connectivity index (χ1v) is 6.37. The predicted molar refractivity (Wildman–Crippen MR) is 67.9 cm³/mol. The number of nitrogens with two attached hydrogens (primary N) is 2. The van der Waals surface area contributed by atoms with Gasteiger partial charge in [0.15, 0.2) is 0 Å². The molecular formula is C11H17N3OS. The van der Waals surface area contributed by atoms with Crippen LogP contribution in [0.25, 0.3) is 0 Å². The fraction of sp³-hybridized carbons (Fsp3) is 0.545. The number of hydrogen-bond donors (Lipinski definition) is 2. The zero-order valence-corrected chi connectivity index (χ0v) is 10.2. The van der Waals surface area contributed by atoms with Crippen molar-refractivity contribution in [1.29, 1.82) is 0 Å². The lowest BCUT2D eigenvalue weighted by molar-refractivity contribution is 0.100. The number of anilines is 2. The molecule has 4 nitrogen and oxygen atoms in total. The van der Waals surface area contributed by atoms with Gasteiger partial charge in [-0.3, -0.25) is 4.79 Å². The Morgan fingerprint density at radius 3 is 2.75 bits per heavy atom. The van der Waals surface area contributed by atoms with Crippen molar-refractivity contribution in [2.45, 2.75) is 19.8 Å². The molecule has 1 aliphatic carbocycles. The lowest BCUT2D eigenvalue weighted by Gasteiger charge is -2.20. The first-order chi connectivity index (χ1) is 7.61. The maximum atomic E-state index is 11.1. The molecule has 1 aliphatic rings. The third kappa shape index (κ3) is 2.29. The molecule has 1 saturated carbocycles. The second kappa shape index (κ2) is 4.33. The Kier molecular flexibility index (Phi) is 3.05. The van der Waals surface area contributed by atoms with Gasteiger partial charge < -0.3 is 16.4 Å². The minimum absolute atomic E-state index is 0.434. The van der Waals surface area contributed by atoms with Gasteiger partial charge in [0.25, 0.3) is 5.91 Å². The van der Waals surface area contributed by atoms with Crippen LogP contribution in [0.4, 0.5) is 10.7 Å². The number of amides is 1. The Hall–Kier alpha value is -1.23. The van der Waals surface area contributed by atoms with Crippen molar-refractivity contribution in [1.82, 2.24) is 0 Å². The Morgan fingerprint density at radius 2 is 2.31 bits per heavy atom. The van der Waals surface area contributed by atoms with E-state index in [1.165, 1.54) is 24.2 Å². The second-order valence-electron chi connectivity index (χ2n) is 4.22. The summed E-state index contributed by atoms with van der Waals surface area (Å²) >= 11 is 1.40. The molecule has 88 valence electrons. The smallest absolute Gasteiger partial charge is 0.260 e. The summed E-state index contributed by atoms with van der Waals surface area (Å²) in [6.45, 7) is 4.12. The van der Waals surface area contributed by atoms with E-state index in [0.29, 0.717) is 10.6 Å². The van der Waals surface area contributed by atoms with E-state index in [0.717, 1.165) is 24.0 Å². The lowest BCUT2D eigenvalue weighted by atomic mass is 10.3. The van der Waals surface area contributed by atoms with Crippen molar-refractivity contribution < 1.29 is 4.79 Å². The average Bonchev–Trinajstić information content (AvgIpc) is 2.97. The van der Waals surface area contributed by atoms with Gasteiger partial charge in [-0.05, 0) is 31.7 Å². The monoisotopic (exact) mass is 239 g/mol. The quantitative estimate of drug-likeness (QED) is 0.821. The Bertz CT molecular complexity index is 398. The summed E-state index contributed by atoms with van der Waals surface area (Å²) in [6, 6.07) is 1.86. The molecule has 1 aromatic rings. The standard InChI is InChI=1S/C11H17N3OS/c1-2-14(6-7-3-4-7)9-5-8(12)10(16-9)11(13)15/h5,7H,2-4,6,12H2,1H3,(H2,13,15). The highest BCUT2D eigenvalue weighted by Crippen LogP contribution is 2.36. The van der Waals surface area contributed by atoms with E-state index in [4.69, 9.17) is 11.5 Å². The molecule has 1 amide bonds. The fourth-order valence-corrected chi connectivity index (χ4v) is 2.73. The van der Waals surface area contributed by atoms with E-state index in [9.17, 15) is 4.79 Å². The van der Waals surface area contributed by atoms with Crippen LogP contribution >= 0.6 is 11.3 Å². The minimum Gasteiger partial charge on any atom is -0.397 e. The second-order valence-corrected chi connectivity index (χ2v) is 5.25. The summed E-state index contributed by atoms with van der Waals surface area (Å²) in [4.78, 5) is 13.9. The SMILES string of the molecule is CCN(CC1CC1)c1cc(N)c(C(N)=O)s1. The Labute approximate surface area is 99.2 Å². The van der Waals surface area contributed by atoms with Crippen LogP contribution in [0, 0.1) is 5.92 Å². The van der Waals surface area contributed by atoms with Gasteiger partial charge in [-0.15, -0.1) is 11.3 Å². The van der Waals surface area contributed by atoms with E-state index >= 15 is 0 Å². The largest absolute Gasteiger partial charge is 0.397 e. The molecule has 2 rings (SSSR count). The number of thiophene rings is 1. The van der Waals surface area contributed by atoms with Crippen LogP contribution in [0.3, 0.4) is 0 Å². The van der Waals surface area contributed by atoms with E-state index < -0.39 is 5.91 Å². The summed E-state index contributed by atoms with van der Waals surface area (Å²) in [5.74, 6) is 0.386. The molecule has 4 N–H and O–H groups in total. The van der Waals surface area contributed by atoms with Gasteiger partial charge in [0.1, 0.15) is 4.88 Å². The third-order valence-electron chi connectivity index (χ3n) is 2.84. The molecule has 16 heavy (non-hydrogen) atoms. The van der Waals surface area contributed by atoms with Gasteiger partial charge >= 0.3 is 0 Å². The first kappa shape index (κ1) is 11.3. The fourth-order valence-electron chi connectivity index (χ4n) is 1.73. The summed E-state index contributed by atoms with van der Waals surface area (Å²) in [5, 5.41) is 1.06. The van der Waals surface area contributed by atoms with Crippen LogP contribution in [0.1, 0.15) is 29.4 Å². The summed E-state index contributed by atoms with van der Waals surface area (Å²) in [6.07, 6.45) is 2.64. The van der Waals surface area contributed by atoms with Crippen molar-refractivity contribution in [3.05, 3.63) is 10.9 Å². The number of nitrogens with zero attached hydrogens (tertiary/aromatic N) is 1. The van der Waals surface area contributed by atoms with Crippen LogP contribution < -0.4 is 16.4 Å². The summed E-state index contributed by atoms with van der Waals surface area (Å²) in [7, 11) is 0. The van der Waals surface area contributed by atoms with Crippen molar-refractivity contribution in [2.75, 3.05) is 23.7 Å². The van der Waals surface area contributed by atoms with Gasteiger partial charge in [0.05, 0.1) is 10.7 Å². The van der Waals surface area contributed by atoms with Crippen LogP contribution in [0.2, 0.25) is 0 Å².